The maximum absolute atomic E-state index is 9.13. The minimum absolute atomic E-state index is 0.111. The minimum atomic E-state index is 0.111. The lowest BCUT2D eigenvalue weighted by molar-refractivity contribution is 0.331. The number of ether oxygens (including phenoxy) is 1. The Bertz CT molecular complexity index is 353. The van der Waals surface area contributed by atoms with Gasteiger partial charge in [0.05, 0.1) is 13.7 Å². The second-order valence-electron chi connectivity index (χ2n) is 3.50. The first-order chi connectivity index (χ1) is 7.22. The van der Waals surface area contributed by atoms with Crippen LogP contribution in [-0.2, 0) is 0 Å². The van der Waals surface area contributed by atoms with Crippen LogP contribution in [-0.4, -0.2) is 18.8 Å². The molecule has 0 spiro atoms. The van der Waals surface area contributed by atoms with Crippen LogP contribution in [0.3, 0.4) is 0 Å². The number of hydrogen-bond acceptors (Lipinski definition) is 2. The molecule has 0 bridgehead atoms. The molecule has 0 saturated heterocycles. The zero-order valence-electron chi connectivity index (χ0n) is 9.58. The van der Waals surface area contributed by atoms with Gasteiger partial charge in [-0.05, 0) is 42.2 Å². The monoisotopic (exact) mass is 206 g/mol. The van der Waals surface area contributed by atoms with E-state index in [9.17, 15) is 0 Å². The van der Waals surface area contributed by atoms with Crippen LogP contribution < -0.4 is 4.74 Å². The zero-order valence-corrected chi connectivity index (χ0v) is 9.58. The summed E-state index contributed by atoms with van der Waals surface area (Å²) < 4.78 is 5.18. The topological polar surface area (TPSA) is 29.5 Å². The van der Waals surface area contributed by atoms with Crippen molar-refractivity contribution < 1.29 is 9.84 Å². The maximum Gasteiger partial charge on any atom is 0.119 e. The summed E-state index contributed by atoms with van der Waals surface area (Å²) >= 11 is 0. The molecule has 2 heteroatoms. The van der Waals surface area contributed by atoms with Crippen molar-refractivity contribution in [3.05, 3.63) is 35.4 Å². The van der Waals surface area contributed by atoms with Gasteiger partial charge >= 0.3 is 0 Å². The Morgan fingerprint density at radius 3 is 2.67 bits per heavy atom. The van der Waals surface area contributed by atoms with E-state index in [4.69, 9.17) is 9.84 Å². The number of benzene rings is 1. The third-order valence-electron chi connectivity index (χ3n) is 2.52. The van der Waals surface area contributed by atoms with E-state index >= 15 is 0 Å². The third-order valence-corrected chi connectivity index (χ3v) is 2.52. The fourth-order valence-electron chi connectivity index (χ4n) is 1.66. The van der Waals surface area contributed by atoms with E-state index < -0.39 is 0 Å². The fraction of sp³-hybridized carbons (Fsp3) is 0.385. The molecule has 1 aromatic carbocycles. The first-order valence-electron chi connectivity index (χ1n) is 5.16. The predicted molar refractivity (Wildman–Crippen MR) is 63.0 cm³/mol. The van der Waals surface area contributed by atoms with Gasteiger partial charge in [-0.2, -0.15) is 0 Å². The molecule has 0 aliphatic carbocycles. The van der Waals surface area contributed by atoms with Gasteiger partial charge in [-0.25, -0.2) is 0 Å². The van der Waals surface area contributed by atoms with E-state index in [-0.39, 0.29) is 6.61 Å². The molecule has 0 heterocycles. The first-order valence-corrected chi connectivity index (χ1v) is 5.16. The van der Waals surface area contributed by atoms with Crippen molar-refractivity contribution in [3.8, 4) is 5.75 Å². The van der Waals surface area contributed by atoms with Gasteiger partial charge in [0.25, 0.3) is 0 Å². The number of rotatable bonds is 4. The lowest BCUT2D eigenvalue weighted by Gasteiger charge is -2.10. The molecule has 0 saturated carbocycles. The molecule has 1 rings (SSSR count). The van der Waals surface area contributed by atoms with Crippen LogP contribution in [0.4, 0.5) is 0 Å². The van der Waals surface area contributed by atoms with Crippen LogP contribution in [0.25, 0.3) is 5.57 Å². The molecule has 0 unspecified atom stereocenters. The summed E-state index contributed by atoms with van der Waals surface area (Å²) in [6.07, 6.45) is 0.916. The highest BCUT2D eigenvalue weighted by molar-refractivity contribution is 5.69. The van der Waals surface area contributed by atoms with Gasteiger partial charge < -0.3 is 9.84 Å². The summed E-state index contributed by atoms with van der Waals surface area (Å²) in [6, 6.07) is 7.93. The molecule has 0 aliphatic heterocycles. The smallest absolute Gasteiger partial charge is 0.119 e. The number of hydrogen-bond donors (Lipinski definition) is 1. The van der Waals surface area contributed by atoms with Crippen molar-refractivity contribution in [3.63, 3.8) is 0 Å². The molecule has 0 aliphatic rings. The average molecular weight is 206 g/mol. The van der Waals surface area contributed by atoms with Gasteiger partial charge in [0.1, 0.15) is 5.75 Å². The van der Waals surface area contributed by atoms with Gasteiger partial charge in [-0.15, -0.1) is 0 Å². The van der Waals surface area contributed by atoms with Crippen molar-refractivity contribution in [2.45, 2.75) is 20.3 Å². The van der Waals surface area contributed by atoms with Crippen LogP contribution in [0.15, 0.2) is 29.8 Å². The van der Waals surface area contributed by atoms with Crippen LogP contribution in [0.5, 0.6) is 5.75 Å². The number of aliphatic hydroxyl groups is 1. The highest BCUT2D eigenvalue weighted by Crippen LogP contribution is 2.25. The summed E-state index contributed by atoms with van der Waals surface area (Å²) in [5.74, 6) is 0.851. The van der Waals surface area contributed by atoms with E-state index in [0.29, 0.717) is 0 Å². The molecule has 0 radical (unpaired) electrons. The summed E-state index contributed by atoms with van der Waals surface area (Å²) in [5.41, 5.74) is 3.34. The molecule has 0 amide bonds. The highest BCUT2D eigenvalue weighted by Gasteiger charge is 2.04. The molecule has 1 aromatic rings. The zero-order chi connectivity index (χ0) is 11.3. The molecule has 1 N–H and O–H groups in total. The molecule has 82 valence electrons. The molecule has 0 fully saturated rings. The Kier molecular flexibility index (Phi) is 4.37. The molecular formula is C13H18O2. The van der Waals surface area contributed by atoms with E-state index in [1.165, 1.54) is 5.57 Å². The molecule has 15 heavy (non-hydrogen) atoms. The Morgan fingerprint density at radius 1 is 1.40 bits per heavy atom. The number of allylic oxidation sites excluding steroid dienone is 1. The average Bonchev–Trinajstić information content (AvgIpc) is 2.30. The lowest BCUT2D eigenvalue weighted by atomic mass is 9.98. The number of aliphatic hydroxyl groups excluding tert-OH is 1. The fourth-order valence-corrected chi connectivity index (χ4v) is 1.66. The maximum atomic E-state index is 9.13. The van der Waals surface area contributed by atoms with E-state index in [1.54, 1.807) is 7.11 Å². The predicted octanol–water partition coefficient (Wildman–Crippen LogP) is 2.87. The SMILES string of the molecule is CC/C(=C(\C)CO)c1cccc(OC)c1. The number of methoxy groups -OCH3 is 1. The van der Waals surface area contributed by atoms with E-state index in [2.05, 4.69) is 6.92 Å². The summed E-state index contributed by atoms with van der Waals surface area (Å²) in [6.45, 7) is 4.16. The quantitative estimate of drug-likeness (QED) is 0.820. The largest absolute Gasteiger partial charge is 0.497 e. The van der Waals surface area contributed by atoms with Crippen molar-refractivity contribution >= 4 is 5.57 Å². The Hall–Kier alpha value is -1.28. The Balaban J connectivity index is 3.13. The Morgan fingerprint density at radius 2 is 2.13 bits per heavy atom. The summed E-state index contributed by atoms with van der Waals surface area (Å²) in [7, 11) is 1.66. The first kappa shape index (κ1) is 11.8. The van der Waals surface area contributed by atoms with Crippen LogP contribution in [0, 0.1) is 0 Å². The lowest BCUT2D eigenvalue weighted by Crippen LogP contribution is -1.93. The van der Waals surface area contributed by atoms with Crippen molar-refractivity contribution in [1.82, 2.24) is 0 Å². The van der Waals surface area contributed by atoms with Gasteiger partial charge in [-0.1, -0.05) is 19.1 Å². The summed E-state index contributed by atoms with van der Waals surface area (Å²) in [5, 5.41) is 9.13. The van der Waals surface area contributed by atoms with E-state index in [0.717, 1.165) is 23.3 Å². The molecular weight excluding hydrogens is 188 g/mol. The normalized spacial score (nSPS) is 12.3. The van der Waals surface area contributed by atoms with Crippen LogP contribution in [0.2, 0.25) is 0 Å². The van der Waals surface area contributed by atoms with Crippen molar-refractivity contribution in [1.29, 1.82) is 0 Å². The standard InChI is InChI=1S/C13H18O2/c1-4-13(10(2)9-14)11-6-5-7-12(8-11)15-3/h5-8,14H,4,9H2,1-3H3/b13-10-. The minimum Gasteiger partial charge on any atom is -0.497 e. The van der Waals surface area contributed by atoms with Gasteiger partial charge in [0.2, 0.25) is 0 Å². The molecule has 2 nitrogen and oxygen atoms in total. The Labute approximate surface area is 91.2 Å². The van der Waals surface area contributed by atoms with Crippen molar-refractivity contribution in [2.24, 2.45) is 0 Å². The van der Waals surface area contributed by atoms with Gasteiger partial charge in [0, 0.05) is 0 Å². The highest BCUT2D eigenvalue weighted by atomic mass is 16.5. The second kappa shape index (κ2) is 5.56. The molecule has 0 atom stereocenters. The third kappa shape index (κ3) is 2.83. The van der Waals surface area contributed by atoms with Crippen molar-refractivity contribution in [2.75, 3.05) is 13.7 Å². The van der Waals surface area contributed by atoms with Crippen LogP contribution >= 0.6 is 0 Å². The molecule has 0 aromatic heterocycles. The van der Waals surface area contributed by atoms with E-state index in [1.807, 2.05) is 31.2 Å². The summed E-state index contributed by atoms with van der Waals surface area (Å²) in [4.78, 5) is 0. The second-order valence-corrected chi connectivity index (χ2v) is 3.50. The van der Waals surface area contributed by atoms with Gasteiger partial charge in [0.15, 0.2) is 0 Å². The van der Waals surface area contributed by atoms with Gasteiger partial charge in [-0.3, -0.25) is 0 Å². The van der Waals surface area contributed by atoms with Crippen LogP contribution in [0.1, 0.15) is 25.8 Å².